The summed E-state index contributed by atoms with van der Waals surface area (Å²) in [7, 11) is 3.31. The SMILES string of the molecule is CNC(=O)Nc1cnn2c(NC)cc(Nc3ccnc4c3OCCO4)nc12. The number of hydrogen-bond donors (Lipinski definition) is 4. The Balaban J connectivity index is 1.74. The summed E-state index contributed by atoms with van der Waals surface area (Å²) in [6, 6.07) is 3.21. The van der Waals surface area contributed by atoms with E-state index in [1.807, 2.05) is 0 Å². The van der Waals surface area contributed by atoms with Crippen molar-refractivity contribution in [2.75, 3.05) is 43.3 Å². The molecule has 0 aromatic carbocycles. The van der Waals surface area contributed by atoms with Gasteiger partial charge in [0.05, 0.1) is 11.9 Å². The Morgan fingerprint density at radius 1 is 1.22 bits per heavy atom. The predicted octanol–water partition coefficient (Wildman–Crippen LogP) is 1.43. The van der Waals surface area contributed by atoms with E-state index in [-0.39, 0.29) is 6.03 Å². The van der Waals surface area contributed by atoms with Crippen molar-refractivity contribution in [2.24, 2.45) is 0 Å². The first-order chi connectivity index (χ1) is 13.2. The zero-order valence-corrected chi connectivity index (χ0v) is 14.7. The molecule has 0 fully saturated rings. The van der Waals surface area contributed by atoms with Gasteiger partial charge in [0.2, 0.25) is 5.75 Å². The number of ether oxygens (including phenoxy) is 2. The first kappa shape index (κ1) is 16.7. The van der Waals surface area contributed by atoms with Gasteiger partial charge in [0.1, 0.15) is 30.5 Å². The molecule has 0 spiro atoms. The largest absolute Gasteiger partial charge is 0.483 e. The van der Waals surface area contributed by atoms with Crippen LogP contribution >= 0.6 is 0 Å². The lowest BCUT2D eigenvalue weighted by molar-refractivity contribution is 0.165. The molecule has 0 atom stereocenters. The summed E-state index contributed by atoms with van der Waals surface area (Å²) in [5.74, 6) is 2.20. The number of anilines is 4. The Bertz CT molecular complexity index is 1000. The van der Waals surface area contributed by atoms with Crippen molar-refractivity contribution in [1.29, 1.82) is 0 Å². The number of aromatic nitrogens is 4. The van der Waals surface area contributed by atoms with Gasteiger partial charge in [-0.25, -0.2) is 14.8 Å². The smallest absolute Gasteiger partial charge is 0.319 e. The Hall–Kier alpha value is -3.76. The third kappa shape index (κ3) is 3.10. The van der Waals surface area contributed by atoms with Crippen LogP contribution in [0.5, 0.6) is 11.6 Å². The molecule has 11 heteroatoms. The molecule has 0 radical (unpaired) electrons. The standard InChI is InChI=1S/C16H18N8O3/c1-17-12-7-11(21-9-3-4-19-15-13(9)26-5-6-27-15)23-14-10(8-20-24(12)14)22-16(25)18-2/h3-4,7-8,17H,5-6H2,1-2H3,(H2,18,22,25)(H,19,21,23). The molecule has 1 aliphatic rings. The highest BCUT2D eigenvalue weighted by molar-refractivity contribution is 5.93. The minimum atomic E-state index is -0.357. The van der Waals surface area contributed by atoms with E-state index in [9.17, 15) is 4.79 Å². The van der Waals surface area contributed by atoms with Crippen molar-refractivity contribution in [2.45, 2.75) is 0 Å². The van der Waals surface area contributed by atoms with Crippen LogP contribution in [-0.4, -0.2) is 52.9 Å². The summed E-state index contributed by atoms with van der Waals surface area (Å²) in [5.41, 5.74) is 1.64. The molecule has 4 heterocycles. The van der Waals surface area contributed by atoms with Crippen molar-refractivity contribution >= 4 is 34.7 Å². The molecule has 0 saturated heterocycles. The van der Waals surface area contributed by atoms with Gasteiger partial charge in [0.15, 0.2) is 5.65 Å². The van der Waals surface area contributed by atoms with E-state index in [1.54, 1.807) is 29.9 Å². The highest BCUT2D eigenvalue weighted by Gasteiger charge is 2.19. The van der Waals surface area contributed by atoms with Crippen molar-refractivity contribution in [3.8, 4) is 11.6 Å². The summed E-state index contributed by atoms with van der Waals surface area (Å²) in [6.07, 6.45) is 3.16. The van der Waals surface area contributed by atoms with Gasteiger partial charge in [0, 0.05) is 26.4 Å². The van der Waals surface area contributed by atoms with Crippen molar-refractivity contribution in [3.05, 3.63) is 24.5 Å². The molecule has 4 N–H and O–H groups in total. The van der Waals surface area contributed by atoms with E-state index in [2.05, 4.69) is 36.3 Å². The summed E-state index contributed by atoms with van der Waals surface area (Å²) < 4.78 is 12.8. The summed E-state index contributed by atoms with van der Waals surface area (Å²) >= 11 is 0. The average molecular weight is 370 g/mol. The van der Waals surface area contributed by atoms with Gasteiger partial charge in [-0.05, 0) is 6.07 Å². The average Bonchev–Trinajstić information content (AvgIpc) is 3.10. The number of carbonyl (C=O) groups excluding carboxylic acids is 1. The molecule has 27 heavy (non-hydrogen) atoms. The van der Waals surface area contributed by atoms with Crippen LogP contribution in [0.15, 0.2) is 24.5 Å². The van der Waals surface area contributed by atoms with E-state index in [0.717, 1.165) is 0 Å². The number of urea groups is 1. The Morgan fingerprint density at radius 3 is 2.89 bits per heavy atom. The van der Waals surface area contributed by atoms with Crippen LogP contribution in [0.4, 0.5) is 27.8 Å². The molecular weight excluding hydrogens is 352 g/mol. The normalized spacial score (nSPS) is 12.5. The molecule has 0 saturated carbocycles. The van der Waals surface area contributed by atoms with E-state index in [0.29, 0.717) is 53.5 Å². The lowest BCUT2D eigenvalue weighted by atomic mass is 10.3. The first-order valence-corrected chi connectivity index (χ1v) is 8.26. The maximum Gasteiger partial charge on any atom is 0.319 e. The maximum atomic E-state index is 11.7. The Labute approximate surface area is 154 Å². The number of carbonyl (C=O) groups is 1. The molecule has 0 bridgehead atoms. The molecule has 140 valence electrons. The molecule has 0 unspecified atom stereocenters. The fourth-order valence-corrected chi connectivity index (χ4v) is 2.67. The van der Waals surface area contributed by atoms with E-state index < -0.39 is 0 Å². The minimum absolute atomic E-state index is 0.357. The number of rotatable bonds is 4. The van der Waals surface area contributed by atoms with Crippen LogP contribution in [0, 0.1) is 0 Å². The van der Waals surface area contributed by atoms with Gasteiger partial charge in [-0.3, -0.25) is 0 Å². The number of nitrogens with zero attached hydrogens (tertiary/aromatic N) is 4. The van der Waals surface area contributed by atoms with Crippen LogP contribution in [0.25, 0.3) is 5.65 Å². The summed E-state index contributed by atoms with van der Waals surface area (Å²) in [5, 5.41) is 15.7. The van der Waals surface area contributed by atoms with Gasteiger partial charge in [0.25, 0.3) is 5.88 Å². The number of amides is 2. The van der Waals surface area contributed by atoms with Crippen molar-refractivity contribution in [1.82, 2.24) is 24.9 Å². The van der Waals surface area contributed by atoms with Gasteiger partial charge in [-0.2, -0.15) is 9.61 Å². The van der Waals surface area contributed by atoms with Crippen LogP contribution in [0.2, 0.25) is 0 Å². The highest BCUT2D eigenvalue weighted by Crippen LogP contribution is 2.37. The zero-order chi connectivity index (χ0) is 18.8. The number of hydrogen-bond acceptors (Lipinski definition) is 8. The lowest BCUT2D eigenvalue weighted by Gasteiger charge is -2.20. The van der Waals surface area contributed by atoms with Gasteiger partial charge < -0.3 is 30.7 Å². The second-order valence-corrected chi connectivity index (χ2v) is 5.59. The van der Waals surface area contributed by atoms with Gasteiger partial charge in [-0.1, -0.05) is 0 Å². The van der Waals surface area contributed by atoms with Gasteiger partial charge >= 0.3 is 6.03 Å². The van der Waals surface area contributed by atoms with Crippen molar-refractivity contribution < 1.29 is 14.3 Å². The molecule has 11 nitrogen and oxygen atoms in total. The van der Waals surface area contributed by atoms with E-state index in [1.165, 1.54) is 13.2 Å². The Morgan fingerprint density at radius 2 is 2.07 bits per heavy atom. The molecule has 3 aromatic heterocycles. The molecule has 2 amide bonds. The zero-order valence-electron chi connectivity index (χ0n) is 14.7. The third-order valence-corrected chi connectivity index (χ3v) is 3.91. The topological polar surface area (TPSA) is 127 Å². The molecule has 4 rings (SSSR count). The molecule has 3 aromatic rings. The lowest BCUT2D eigenvalue weighted by Crippen LogP contribution is -2.24. The molecule has 1 aliphatic heterocycles. The third-order valence-electron chi connectivity index (χ3n) is 3.91. The van der Waals surface area contributed by atoms with Crippen LogP contribution in [-0.2, 0) is 0 Å². The number of pyridine rings is 1. The monoisotopic (exact) mass is 370 g/mol. The number of nitrogens with one attached hydrogen (secondary N) is 4. The Kier molecular flexibility index (Phi) is 4.24. The molecular formula is C16H18N8O3. The summed E-state index contributed by atoms with van der Waals surface area (Å²) in [4.78, 5) is 20.4. The van der Waals surface area contributed by atoms with Crippen LogP contribution < -0.4 is 30.7 Å². The highest BCUT2D eigenvalue weighted by atomic mass is 16.6. The quantitative estimate of drug-likeness (QED) is 0.543. The second kappa shape index (κ2) is 6.86. The van der Waals surface area contributed by atoms with E-state index >= 15 is 0 Å². The van der Waals surface area contributed by atoms with E-state index in [4.69, 9.17) is 9.47 Å². The van der Waals surface area contributed by atoms with Gasteiger partial charge in [-0.15, -0.1) is 0 Å². The first-order valence-electron chi connectivity index (χ1n) is 8.26. The summed E-state index contributed by atoms with van der Waals surface area (Å²) in [6.45, 7) is 0.909. The number of fused-ring (bicyclic) bond motifs is 2. The fourth-order valence-electron chi connectivity index (χ4n) is 2.67. The fraction of sp³-hybridized carbons (Fsp3) is 0.250. The minimum Gasteiger partial charge on any atom is -0.483 e. The van der Waals surface area contributed by atoms with Crippen LogP contribution in [0.1, 0.15) is 0 Å². The second-order valence-electron chi connectivity index (χ2n) is 5.59. The van der Waals surface area contributed by atoms with Crippen LogP contribution in [0.3, 0.4) is 0 Å². The predicted molar refractivity (Wildman–Crippen MR) is 99.1 cm³/mol. The molecule has 0 aliphatic carbocycles. The maximum absolute atomic E-state index is 11.7. The van der Waals surface area contributed by atoms with Crippen molar-refractivity contribution in [3.63, 3.8) is 0 Å².